The molecule has 27 heavy (non-hydrogen) atoms. The van der Waals surface area contributed by atoms with Gasteiger partial charge in [-0.25, -0.2) is 9.59 Å². The van der Waals surface area contributed by atoms with Gasteiger partial charge in [0, 0.05) is 25.2 Å². The van der Waals surface area contributed by atoms with Crippen LogP contribution in [-0.4, -0.2) is 43.5 Å². The van der Waals surface area contributed by atoms with Crippen molar-refractivity contribution in [2.45, 2.75) is 33.1 Å². The molecule has 2 rings (SSSR count). The molecule has 0 atom stereocenters. The van der Waals surface area contributed by atoms with Gasteiger partial charge in [0.15, 0.2) is 6.61 Å². The van der Waals surface area contributed by atoms with Crippen molar-refractivity contribution in [2.24, 2.45) is 5.92 Å². The summed E-state index contributed by atoms with van der Waals surface area (Å²) < 4.78 is 4.91. The molecule has 0 spiro atoms. The van der Waals surface area contributed by atoms with E-state index in [9.17, 15) is 19.2 Å². The number of rotatable bonds is 6. The summed E-state index contributed by atoms with van der Waals surface area (Å²) in [6, 6.07) is 5.83. The number of esters is 1. The van der Waals surface area contributed by atoms with E-state index < -0.39 is 24.5 Å². The molecule has 1 heterocycles. The van der Waals surface area contributed by atoms with Crippen LogP contribution < -0.4 is 15.5 Å². The fourth-order valence-electron chi connectivity index (χ4n) is 2.57. The van der Waals surface area contributed by atoms with Gasteiger partial charge in [0.05, 0.1) is 5.56 Å². The lowest BCUT2D eigenvalue weighted by Crippen LogP contribution is -2.42. The van der Waals surface area contributed by atoms with Crippen LogP contribution in [0.2, 0.25) is 0 Å². The zero-order valence-corrected chi connectivity index (χ0v) is 15.6. The molecule has 1 fully saturated rings. The minimum atomic E-state index is -0.708. The van der Waals surface area contributed by atoms with Gasteiger partial charge in [-0.3, -0.25) is 14.9 Å². The molecular weight excluding hydrogens is 350 g/mol. The van der Waals surface area contributed by atoms with Crippen LogP contribution in [0.25, 0.3) is 0 Å². The van der Waals surface area contributed by atoms with Crippen LogP contribution in [0.1, 0.15) is 43.5 Å². The minimum Gasteiger partial charge on any atom is -0.452 e. The van der Waals surface area contributed by atoms with E-state index in [2.05, 4.69) is 10.6 Å². The standard InChI is InChI=1S/C19H25N3O5/c1-13(2)11-20-19(26)21-16(23)12-27-18(25)14-6-8-15(9-7-14)22-10-4-3-5-17(22)24/h6-9,13H,3-5,10-12H2,1-2H3,(H2,20,21,23,26). The number of piperidine rings is 1. The van der Waals surface area contributed by atoms with Crippen molar-refractivity contribution < 1.29 is 23.9 Å². The zero-order chi connectivity index (χ0) is 19.8. The van der Waals surface area contributed by atoms with Crippen molar-refractivity contribution in [1.82, 2.24) is 10.6 Å². The highest BCUT2D eigenvalue weighted by atomic mass is 16.5. The number of carbonyl (C=O) groups excluding carboxylic acids is 4. The van der Waals surface area contributed by atoms with E-state index in [-0.39, 0.29) is 17.4 Å². The van der Waals surface area contributed by atoms with Crippen molar-refractivity contribution in [1.29, 1.82) is 0 Å². The number of imide groups is 1. The van der Waals surface area contributed by atoms with Crippen LogP contribution >= 0.6 is 0 Å². The predicted molar refractivity (Wildman–Crippen MR) is 99.3 cm³/mol. The first-order chi connectivity index (χ1) is 12.9. The molecule has 1 aromatic carbocycles. The first kappa shape index (κ1) is 20.4. The first-order valence-corrected chi connectivity index (χ1v) is 9.02. The quantitative estimate of drug-likeness (QED) is 0.738. The van der Waals surface area contributed by atoms with Crippen LogP contribution in [0, 0.1) is 5.92 Å². The van der Waals surface area contributed by atoms with Crippen molar-refractivity contribution >= 4 is 29.5 Å². The number of benzene rings is 1. The van der Waals surface area contributed by atoms with Crippen LogP contribution in [0.4, 0.5) is 10.5 Å². The molecule has 0 aliphatic carbocycles. The highest BCUT2D eigenvalue weighted by molar-refractivity contribution is 5.97. The molecule has 8 nitrogen and oxygen atoms in total. The third-order valence-corrected chi connectivity index (χ3v) is 4.00. The normalized spacial score (nSPS) is 14.0. The van der Waals surface area contributed by atoms with Crippen LogP contribution in [0.15, 0.2) is 24.3 Å². The number of anilines is 1. The van der Waals surface area contributed by atoms with Gasteiger partial charge in [0.1, 0.15) is 0 Å². The monoisotopic (exact) mass is 375 g/mol. The average molecular weight is 375 g/mol. The maximum absolute atomic E-state index is 12.0. The number of amides is 4. The van der Waals surface area contributed by atoms with Crippen molar-refractivity contribution in [2.75, 3.05) is 24.6 Å². The molecule has 0 bridgehead atoms. The molecule has 0 radical (unpaired) electrons. The minimum absolute atomic E-state index is 0.0731. The van der Waals surface area contributed by atoms with Gasteiger partial charge in [0.25, 0.3) is 5.91 Å². The maximum Gasteiger partial charge on any atom is 0.338 e. The SMILES string of the molecule is CC(C)CNC(=O)NC(=O)COC(=O)c1ccc(N2CCCCC2=O)cc1. The van der Waals surface area contributed by atoms with Gasteiger partial charge in [-0.2, -0.15) is 0 Å². The number of nitrogens with zero attached hydrogens (tertiary/aromatic N) is 1. The lowest BCUT2D eigenvalue weighted by Gasteiger charge is -2.26. The van der Waals surface area contributed by atoms with Crippen molar-refractivity contribution in [3.8, 4) is 0 Å². The Balaban J connectivity index is 1.81. The molecule has 146 valence electrons. The first-order valence-electron chi connectivity index (χ1n) is 9.02. The molecule has 1 aromatic rings. The fraction of sp³-hybridized carbons (Fsp3) is 0.474. The Morgan fingerprint density at radius 3 is 2.48 bits per heavy atom. The molecule has 0 saturated carbocycles. The number of nitrogens with one attached hydrogen (secondary N) is 2. The third-order valence-electron chi connectivity index (χ3n) is 4.00. The van der Waals surface area contributed by atoms with Gasteiger partial charge in [-0.1, -0.05) is 13.8 Å². The van der Waals surface area contributed by atoms with Crippen LogP contribution in [-0.2, 0) is 14.3 Å². The zero-order valence-electron chi connectivity index (χ0n) is 15.6. The lowest BCUT2D eigenvalue weighted by molar-refractivity contribution is -0.123. The molecule has 2 N–H and O–H groups in total. The number of urea groups is 1. The second-order valence-electron chi connectivity index (χ2n) is 6.78. The summed E-state index contributed by atoms with van der Waals surface area (Å²) in [6.45, 7) is 4.40. The van der Waals surface area contributed by atoms with E-state index in [0.717, 1.165) is 18.5 Å². The summed E-state index contributed by atoms with van der Waals surface area (Å²) in [5, 5.41) is 4.62. The van der Waals surface area contributed by atoms with E-state index in [4.69, 9.17) is 4.74 Å². The average Bonchev–Trinajstić information content (AvgIpc) is 2.65. The molecule has 1 aliphatic rings. The number of carbonyl (C=O) groups is 4. The van der Waals surface area contributed by atoms with Crippen molar-refractivity contribution in [3.05, 3.63) is 29.8 Å². The number of hydrogen-bond acceptors (Lipinski definition) is 5. The molecule has 0 aromatic heterocycles. The van der Waals surface area contributed by atoms with Gasteiger partial charge >= 0.3 is 12.0 Å². The third kappa shape index (κ3) is 6.40. The van der Waals surface area contributed by atoms with Crippen LogP contribution in [0.5, 0.6) is 0 Å². The second-order valence-corrected chi connectivity index (χ2v) is 6.78. The molecule has 1 aliphatic heterocycles. The Kier molecular flexibility index (Phi) is 7.34. The molecule has 8 heteroatoms. The predicted octanol–water partition coefficient (Wildman–Crippen LogP) is 1.84. The largest absolute Gasteiger partial charge is 0.452 e. The Hall–Kier alpha value is -2.90. The van der Waals surface area contributed by atoms with E-state index in [0.29, 0.717) is 19.5 Å². The summed E-state index contributed by atoms with van der Waals surface area (Å²) in [5.41, 5.74) is 0.996. The summed E-state index contributed by atoms with van der Waals surface area (Å²) in [6.07, 6.45) is 2.39. The van der Waals surface area contributed by atoms with E-state index in [1.165, 1.54) is 0 Å². The van der Waals surface area contributed by atoms with E-state index in [1.807, 2.05) is 13.8 Å². The maximum atomic E-state index is 12.0. The molecule has 0 unspecified atom stereocenters. The van der Waals surface area contributed by atoms with Gasteiger partial charge in [-0.05, 0) is 43.0 Å². The number of ether oxygens (including phenoxy) is 1. The molecule has 1 saturated heterocycles. The van der Waals surface area contributed by atoms with Gasteiger partial charge in [-0.15, -0.1) is 0 Å². The Morgan fingerprint density at radius 1 is 1.15 bits per heavy atom. The van der Waals surface area contributed by atoms with Crippen molar-refractivity contribution in [3.63, 3.8) is 0 Å². The van der Waals surface area contributed by atoms with E-state index in [1.54, 1.807) is 29.2 Å². The Labute approximate surface area is 158 Å². The summed E-state index contributed by atoms with van der Waals surface area (Å²) in [7, 11) is 0. The topological polar surface area (TPSA) is 105 Å². The summed E-state index contributed by atoms with van der Waals surface area (Å²) >= 11 is 0. The smallest absolute Gasteiger partial charge is 0.338 e. The van der Waals surface area contributed by atoms with Gasteiger partial charge in [0.2, 0.25) is 5.91 Å². The number of hydrogen-bond donors (Lipinski definition) is 2. The highest BCUT2D eigenvalue weighted by Crippen LogP contribution is 2.21. The second kappa shape index (κ2) is 9.70. The highest BCUT2D eigenvalue weighted by Gasteiger charge is 2.20. The Morgan fingerprint density at radius 2 is 1.85 bits per heavy atom. The van der Waals surface area contributed by atoms with E-state index >= 15 is 0 Å². The summed E-state index contributed by atoms with van der Waals surface area (Å²) in [4.78, 5) is 48.7. The fourth-order valence-corrected chi connectivity index (χ4v) is 2.57. The molecular formula is C19H25N3O5. The van der Waals surface area contributed by atoms with Crippen LogP contribution in [0.3, 0.4) is 0 Å². The lowest BCUT2D eigenvalue weighted by atomic mass is 10.1. The molecule has 4 amide bonds. The summed E-state index contributed by atoms with van der Waals surface area (Å²) in [5.74, 6) is -1.06. The van der Waals surface area contributed by atoms with Gasteiger partial charge < -0.3 is 15.0 Å². The Bertz CT molecular complexity index is 700.